The zero-order chi connectivity index (χ0) is 16.9. The second kappa shape index (κ2) is 5.60. The number of aromatic hydroxyl groups is 1. The van der Waals surface area contributed by atoms with E-state index >= 15 is 0 Å². The van der Waals surface area contributed by atoms with E-state index in [0.717, 1.165) is 42.2 Å². The molecule has 5 heteroatoms. The van der Waals surface area contributed by atoms with Crippen LogP contribution in [-0.4, -0.2) is 18.3 Å². The number of ether oxygens (including phenoxy) is 2. The first kappa shape index (κ1) is 15.7. The van der Waals surface area contributed by atoms with E-state index in [1.807, 2.05) is 6.07 Å². The topological polar surface area (TPSA) is 68.9 Å². The molecule has 0 saturated carbocycles. The maximum absolute atomic E-state index is 12.4. The number of aryl methyl sites for hydroxylation is 1. The summed E-state index contributed by atoms with van der Waals surface area (Å²) in [6.07, 6.45) is 2.98. The van der Waals surface area contributed by atoms with Crippen LogP contribution in [0.5, 0.6) is 5.75 Å². The SMILES string of the molecule is CC1(C)COC(c2c(O)ccc3c4c(c(=O)oc23)CCCC4)OC1. The number of hydrogen-bond donors (Lipinski definition) is 1. The number of benzene rings is 1. The Balaban J connectivity index is 1.88. The molecule has 0 amide bonds. The van der Waals surface area contributed by atoms with Crippen molar-refractivity contribution < 1.29 is 19.0 Å². The lowest BCUT2D eigenvalue weighted by Gasteiger charge is -2.35. The molecule has 24 heavy (non-hydrogen) atoms. The maximum atomic E-state index is 12.4. The van der Waals surface area contributed by atoms with Gasteiger partial charge in [0.1, 0.15) is 5.75 Å². The first-order valence-corrected chi connectivity index (χ1v) is 8.50. The lowest BCUT2D eigenvalue weighted by molar-refractivity contribution is -0.226. The highest BCUT2D eigenvalue weighted by Crippen LogP contribution is 2.40. The highest BCUT2D eigenvalue weighted by atomic mass is 16.7. The number of phenolic OH excluding ortho intramolecular Hbond substituents is 1. The lowest BCUT2D eigenvalue weighted by Crippen LogP contribution is -2.34. The van der Waals surface area contributed by atoms with Crippen LogP contribution in [0.15, 0.2) is 21.3 Å². The number of rotatable bonds is 1. The Hall–Kier alpha value is -1.85. The normalized spacial score (nSPS) is 20.9. The fourth-order valence-electron chi connectivity index (χ4n) is 3.61. The van der Waals surface area contributed by atoms with Gasteiger partial charge in [-0.3, -0.25) is 0 Å². The average molecular weight is 330 g/mol. The molecule has 1 fully saturated rings. The van der Waals surface area contributed by atoms with E-state index in [1.54, 1.807) is 6.07 Å². The Bertz CT molecular complexity index is 839. The van der Waals surface area contributed by atoms with Crippen molar-refractivity contribution in [2.75, 3.05) is 13.2 Å². The van der Waals surface area contributed by atoms with Crippen LogP contribution in [-0.2, 0) is 22.3 Å². The number of phenols is 1. The van der Waals surface area contributed by atoms with E-state index < -0.39 is 6.29 Å². The summed E-state index contributed by atoms with van der Waals surface area (Å²) in [5.41, 5.74) is 2.26. The molecule has 5 nitrogen and oxygen atoms in total. The van der Waals surface area contributed by atoms with E-state index in [9.17, 15) is 9.90 Å². The minimum absolute atomic E-state index is 0.0334. The first-order valence-electron chi connectivity index (χ1n) is 8.50. The molecule has 4 rings (SSSR count). The highest BCUT2D eigenvalue weighted by Gasteiger charge is 2.33. The van der Waals surface area contributed by atoms with Gasteiger partial charge in [-0.25, -0.2) is 4.79 Å². The molecule has 1 aliphatic heterocycles. The van der Waals surface area contributed by atoms with E-state index in [4.69, 9.17) is 13.9 Å². The largest absolute Gasteiger partial charge is 0.507 e. The molecule has 1 saturated heterocycles. The molecule has 1 aromatic carbocycles. The van der Waals surface area contributed by atoms with Crippen LogP contribution in [0.4, 0.5) is 0 Å². The van der Waals surface area contributed by atoms with Crippen LogP contribution in [0.1, 0.15) is 49.7 Å². The summed E-state index contributed by atoms with van der Waals surface area (Å²) in [6.45, 7) is 5.15. The van der Waals surface area contributed by atoms with E-state index in [2.05, 4.69) is 13.8 Å². The molecule has 1 N–H and O–H groups in total. The van der Waals surface area contributed by atoms with Gasteiger partial charge in [-0.05, 0) is 43.4 Å². The van der Waals surface area contributed by atoms with Gasteiger partial charge in [-0.1, -0.05) is 13.8 Å². The molecule has 128 valence electrons. The zero-order valence-electron chi connectivity index (χ0n) is 14.1. The van der Waals surface area contributed by atoms with Crippen molar-refractivity contribution in [3.63, 3.8) is 0 Å². The third-order valence-corrected chi connectivity index (χ3v) is 4.89. The van der Waals surface area contributed by atoms with Gasteiger partial charge in [-0.2, -0.15) is 0 Å². The standard InChI is InChI=1S/C19H22O5/c1-19(2)9-22-18(23-10-19)15-14(20)8-7-12-11-5-3-4-6-13(11)17(21)24-16(12)15/h7-8,18,20H,3-6,9-10H2,1-2H3. The molecule has 2 aliphatic rings. The molecule has 2 heterocycles. The molecular formula is C19H22O5. The van der Waals surface area contributed by atoms with Crippen LogP contribution in [0, 0.1) is 5.41 Å². The Morgan fingerprint density at radius 1 is 1.08 bits per heavy atom. The van der Waals surface area contributed by atoms with Crippen molar-refractivity contribution in [2.24, 2.45) is 5.41 Å². The fourth-order valence-corrected chi connectivity index (χ4v) is 3.61. The van der Waals surface area contributed by atoms with Crippen molar-refractivity contribution in [2.45, 2.75) is 45.8 Å². The van der Waals surface area contributed by atoms with Crippen LogP contribution >= 0.6 is 0 Å². The van der Waals surface area contributed by atoms with Gasteiger partial charge in [0.05, 0.1) is 18.8 Å². The number of fused-ring (bicyclic) bond motifs is 3. The summed E-state index contributed by atoms with van der Waals surface area (Å²) in [4.78, 5) is 12.4. The summed E-state index contributed by atoms with van der Waals surface area (Å²) in [5, 5.41) is 11.2. The van der Waals surface area contributed by atoms with Gasteiger partial charge in [0.15, 0.2) is 11.9 Å². The summed E-state index contributed by atoms with van der Waals surface area (Å²) in [5.74, 6) is 0.0334. The second-order valence-corrected chi connectivity index (χ2v) is 7.55. The Labute approximate surface area is 140 Å². The maximum Gasteiger partial charge on any atom is 0.339 e. The number of hydrogen-bond acceptors (Lipinski definition) is 5. The fraction of sp³-hybridized carbons (Fsp3) is 0.526. The monoisotopic (exact) mass is 330 g/mol. The van der Waals surface area contributed by atoms with Gasteiger partial charge in [0, 0.05) is 16.4 Å². The molecule has 0 radical (unpaired) electrons. The van der Waals surface area contributed by atoms with Gasteiger partial charge < -0.3 is 19.0 Å². The highest BCUT2D eigenvalue weighted by molar-refractivity contribution is 5.86. The van der Waals surface area contributed by atoms with E-state index in [-0.39, 0.29) is 16.8 Å². The molecular weight excluding hydrogens is 308 g/mol. The predicted molar refractivity (Wildman–Crippen MR) is 89.2 cm³/mol. The van der Waals surface area contributed by atoms with Crippen LogP contribution in [0.25, 0.3) is 11.0 Å². The molecule has 2 aromatic rings. The van der Waals surface area contributed by atoms with Crippen molar-refractivity contribution >= 4 is 11.0 Å². The van der Waals surface area contributed by atoms with Crippen LogP contribution in [0.2, 0.25) is 0 Å². The van der Waals surface area contributed by atoms with Crippen molar-refractivity contribution in [3.05, 3.63) is 39.2 Å². The van der Waals surface area contributed by atoms with E-state index in [1.165, 1.54) is 0 Å². The van der Waals surface area contributed by atoms with Crippen molar-refractivity contribution in [3.8, 4) is 5.75 Å². The first-order chi connectivity index (χ1) is 11.5. The summed E-state index contributed by atoms with van der Waals surface area (Å²) in [7, 11) is 0. The minimum atomic E-state index is -0.716. The average Bonchev–Trinajstić information content (AvgIpc) is 2.56. The van der Waals surface area contributed by atoms with E-state index in [0.29, 0.717) is 24.4 Å². The van der Waals surface area contributed by atoms with Gasteiger partial charge in [0.25, 0.3) is 0 Å². The molecule has 1 aromatic heterocycles. The molecule has 0 bridgehead atoms. The second-order valence-electron chi connectivity index (χ2n) is 7.55. The molecule has 0 atom stereocenters. The van der Waals surface area contributed by atoms with Crippen LogP contribution < -0.4 is 5.63 Å². The van der Waals surface area contributed by atoms with Gasteiger partial charge in [0.2, 0.25) is 0 Å². The summed E-state index contributed by atoms with van der Waals surface area (Å²) in [6, 6.07) is 3.47. The van der Waals surface area contributed by atoms with Gasteiger partial charge >= 0.3 is 5.63 Å². The zero-order valence-corrected chi connectivity index (χ0v) is 14.1. The smallest absolute Gasteiger partial charge is 0.339 e. The molecule has 0 unspecified atom stereocenters. The summed E-state index contributed by atoms with van der Waals surface area (Å²) >= 11 is 0. The van der Waals surface area contributed by atoms with Crippen LogP contribution in [0.3, 0.4) is 0 Å². The summed E-state index contributed by atoms with van der Waals surface area (Å²) < 4.78 is 17.2. The van der Waals surface area contributed by atoms with Crippen molar-refractivity contribution in [1.82, 2.24) is 0 Å². The quantitative estimate of drug-likeness (QED) is 0.811. The van der Waals surface area contributed by atoms with Crippen molar-refractivity contribution in [1.29, 1.82) is 0 Å². The lowest BCUT2D eigenvalue weighted by atomic mass is 9.89. The predicted octanol–water partition coefficient (Wildman–Crippen LogP) is 3.45. The molecule has 0 spiro atoms. The minimum Gasteiger partial charge on any atom is -0.507 e. The third kappa shape index (κ3) is 2.52. The Morgan fingerprint density at radius 3 is 2.46 bits per heavy atom. The third-order valence-electron chi connectivity index (χ3n) is 4.89. The Morgan fingerprint density at radius 2 is 1.75 bits per heavy atom. The molecule has 1 aliphatic carbocycles. The van der Waals surface area contributed by atoms with Gasteiger partial charge in [-0.15, -0.1) is 0 Å². The Kier molecular flexibility index (Phi) is 3.66.